The third-order valence-electron chi connectivity index (χ3n) is 4.16. The van der Waals surface area contributed by atoms with E-state index in [1.807, 2.05) is 25.7 Å². The van der Waals surface area contributed by atoms with Crippen LogP contribution in [0.15, 0.2) is 4.42 Å². The SMILES string of the molecule is Cc1oc(C)c(C(=O)N2CCC(C)C2CN)c1C. The van der Waals surface area contributed by atoms with E-state index in [2.05, 4.69) is 6.92 Å². The summed E-state index contributed by atoms with van der Waals surface area (Å²) < 4.78 is 5.54. The van der Waals surface area contributed by atoms with E-state index in [0.717, 1.165) is 29.9 Å². The van der Waals surface area contributed by atoms with Gasteiger partial charge in [-0.3, -0.25) is 4.79 Å². The first-order valence-electron chi connectivity index (χ1n) is 6.55. The molecule has 1 saturated heterocycles. The van der Waals surface area contributed by atoms with E-state index in [1.54, 1.807) is 0 Å². The molecule has 2 unspecified atom stereocenters. The maximum absolute atomic E-state index is 12.6. The van der Waals surface area contributed by atoms with Gasteiger partial charge in [0.2, 0.25) is 0 Å². The summed E-state index contributed by atoms with van der Waals surface area (Å²) in [5, 5.41) is 0. The molecule has 4 heteroatoms. The Morgan fingerprint density at radius 1 is 1.39 bits per heavy atom. The first-order chi connectivity index (χ1) is 8.47. The molecule has 0 radical (unpaired) electrons. The molecule has 1 fully saturated rings. The van der Waals surface area contributed by atoms with E-state index in [4.69, 9.17) is 10.2 Å². The predicted molar refractivity (Wildman–Crippen MR) is 70.6 cm³/mol. The van der Waals surface area contributed by atoms with Gasteiger partial charge in [-0.1, -0.05) is 6.92 Å². The number of furan rings is 1. The first-order valence-corrected chi connectivity index (χ1v) is 6.55. The zero-order valence-electron chi connectivity index (χ0n) is 11.6. The van der Waals surface area contributed by atoms with Crippen LogP contribution in [-0.4, -0.2) is 29.9 Å². The zero-order valence-corrected chi connectivity index (χ0v) is 11.6. The Balaban J connectivity index is 2.32. The van der Waals surface area contributed by atoms with Gasteiger partial charge in [0.15, 0.2) is 0 Å². The quantitative estimate of drug-likeness (QED) is 0.873. The monoisotopic (exact) mass is 250 g/mol. The van der Waals surface area contributed by atoms with Crippen LogP contribution < -0.4 is 5.73 Å². The van der Waals surface area contributed by atoms with Crippen molar-refractivity contribution in [3.05, 3.63) is 22.6 Å². The molecule has 0 aromatic carbocycles. The largest absolute Gasteiger partial charge is 0.466 e. The van der Waals surface area contributed by atoms with E-state index >= 15 is 0 Å². The summed E-state index contributed by atoms with van der Waals surface area (Å²) in [5.41, 5.74) is 7.47. The maximum Gasteiger partial charge on any atom is 0.257 e. The molecule has 2 rings (SSSR count). The molecule has 1 amide bonds. The highest BCUT2D eigenvalue weighted by atomic mass is 16.3. The van der Waals surface area contributed by atoms with Gasteiger partial charge in [0.1, 0.15) is 11.5 Å². The van der Waals surface area contributed by atoms with Crippen molar-refractivity contribution in [2.24, 2.45) is 11.7 Å². The molecule has 1 aromatic rings. The average Bonchev–Trinajstić information content (AvgIpc) is 2.80. The van der Waals surface area contributed by atoms with E-state index in [1.165, 1.54) is 0 Å². The van der Waals surface area contributed by atoms with Crippen molar-refractivity contribution >= 4 is 5.91 Å². The Morgan fingerprint density at radius 2 is 2.06 bits per heavy atom. The van der Waals surface area contributed by atoms with Gasteiger partial charge >= 0.3 is 0 Å². The number of nitrogens with zero attached hydrogens (tertiary/aromatic N) is 1. The molecule has 0 saturated carbocycles. The molecule has 100 valence electrons. The molecule has 2 atom stereocenters. The summed E-state index contributed by atoms with van der Waals surface area (Å²) in [7, 11) is 0. The van der Waals surface area contributed by atoms with Gasteiger partial charge in [-0.2, -0.15) is 0 Å². The highest BCUT2D eigenvalue weighted by Crippen LogP contribution is 2.28. The topological polar surface area (TPSA) is 59.5 Å². The van der Waals surface area contributed by atoms with E-state index in [9.17, 15) is 4.79 Å². The molecule has 1 aliphatic rings. The highest BCUT2D eigenvalue weighted by molar-refractivity contribution is 5.97. The van der Waals surface area contributed by atoms with Gasteiger partial charge in [-0.25, -0.2) is 0 Å². The summed E-state index contributed by atoms with van der Waals surface area (Å²) in [6.45, 7) is 9.17. The fourth-order valence-electron chi connectivity index (χ4n) is 2.87. The van der Waals surface area contributed by atoms with Gasteiger partial charge in [-0.15, -0.1) is 0 Å². The number of rotatable bonds is 2. The lowest BCUT2D eigenvalue weighted by Crippen LogP contribution is -2.42. The molecule has 2 heterocycles. The number of carbonyl (C=O) groups is 1. The highest BCUT2D eigenvalue weighted by Gasteiger charge is 2.35. The van der Waals surface area contributed by atoms with Crippen LogP contribution in [0, 0.1) is 26.7 Å². The summed E-state index contributed by atoms with van der Waals surface area (Å²) in [4.78, 5) is 14.5. The number of hydrogen-bond acceptors (Lipinski definition) is 3. The van der Waals surface area contributed by atoms with Gasteiger partial charge in [-0.05, 0) is 33.1 Å². The number of likely N-dealkylation sites (tertiary alicyclic amines) is 1. The third kappa shape index (κ3) is 1.94. The molecular weight excluding hydrogens is 228 g/mol. The molecular formula is C14H22N2O2. The fourth-order valence-corrected chi connectivity index (χ4v) is 2.87. The standard InChI is InChI=1S/C14H22N2O2/c1-8-5-6-16(12(8)7-15)14(17)13-9(2)10(3)18-11(13)4/h8,12H,5-7,15H2,1-4H3. The second kappa shape index (κ2) is 4.76. The second-order valence-electron chi connectivity index (χ2n) is 5.28. The second-order valence-corrected chi connectivity index (χ2v) is 5.28. The van der Waals surface area contributed by atoms with E-state index in [-0.39, 0.29) is 11.9 Å². The van der Waals surface area contributed by atoms with Crippen LogP contribution in [0.5, 0.6) is 0 Å². The lowest BCUT2D eigenvalue weighted by molar-refractivity contribution is 0.0725. The molecule has 4 nitrogen and oxygen atoms in total. The Kier molecular flexibility index (Phi) is 3.48. The maximum atomic E-state index is 12.6. The molecule has 18 heavy (non-hydrogen) atoms. The Morgan fingerprint density at radius 3 is 2.56 bits per heavy atom. The van der Waals surface area contributed by atoms with Crippen LogP contribution >= 0.6 is 0 Å². The van der Waals surface area contributed by atoms with Crippen molar-refractivity contribution in [1.82, 2.24) is 4.90 Å². The van der Waals surface area contributed by atoms with Crippen LogP contribution in [0.2, 0.25) is 0 Å². The Labute approximate surface area is 108 Å². The third-order valence-corrected chi connectivity index (χ3v) is 4.16. The van der Waals surface area contributed by atoms with Crippen LogP contribution in [0.3, 0.4) is 0 Å². The minimum Gasteiger partial charge on any atom is -0.466 e. The molecule has 0 bridgehead atoms. The minimum absolute atomic E-state index is 0.0710. The van der Waals surface area contributed by atoms with Gasteiger partial charge in [0, 0.05) is 24.7 Å². The normalized spacial score (nSPS) is 23.7. The summed E-state index contributed by atoms with van der Waals surface area (Å²) in [6.07, 6.45) is 1.03. The molecule has 0 aliphatic carbocycles. The smallest absolute Gasteiger partial charge is 0.257 e. The molecule has 2 N–H and O–H groups in total. The van der Waals surface area contributed by atoms with Crippen molar-refractivity contribution in [3.63, 3.8) is 0 Å². The first kappa shape index (κ1) is 13.1. The van der Waals surface area contributed by atoms with Crippen LogP contribution in [0.25, 0.3) is 0 Å². The van der Waals surface area contributed by atoms with Gasteiger partial charge in [0.25, 0.3) is 5.91 Å². The lowest BCUT2D eigenvalue weighted by Gasteiger charge is -2.25. The summed E-state index contributed by atoms with van der Waals surface area (Å²) in [5.74, 6) is 2.09. The molecule has 1 aromatic heterocycles. The van der Waals surface area contributed by atoms with E-state index < -0.39 is 0 Å². The van der Waals surface area contributed by atoms with Crippen molar-refractivity contribution in [2.75, 3.05) is 13.1 Å². The number of nitrogens with two attached hydrogens (primary N) is 1. The predicted octanol–water partition coefficient (Wildman–Crippen LogP) is 2.01. The van der Waals surface area contributed by atoms with Gasteiger partial charge in [0.05, 0.1) is 5.56 Å². The van der Waals surface area contributed by atoms with Crippen molar-refractivity contribution in [1.29, 1.82) is 0 Å². The lowest BCUT2D eigenvalue weighted by atomic mass is 10.0. The summed E-state index contributed by atoms with van der Waals surface area (Å²) in [6, 6.07) is 0.159. The number of carbonyl (C=O) groups excluding carboxylic acids is 1. The van der Waals surface area contributed by atoms with Gasteiger partial charge < -0.3 is 15.1 Å². The number of amides is 1. The minimum atomic E-state index is 0.0710. The van der Waals surface area contributed by atoms with Crippen LogP contribution in [0.4, 0.5) is 0 Å². The van der Waals surface area contributed by atoms with Crippen molar-refractivity contribution in [2.45, 2.75) is 40.2 Å². The van der Waals surface area contributed by atoms with Crippen molar-refractivity contribution in [3.8, 4) is 0 Å². The molecule has 0 spiro atoms. The number of aryl methyl sites for hydroxylation is 2. The Hall–Kier alpha value is -1.29. The average molecular weight is 250 g/mol. The Bertz CT molecular complexity index is 465. The fraction of sp³-hybridized carbons (Fsp3) is 0.643. The van der Waals surface area contributed by atoms with Crippen LogP contribution in [0.1, 0.15) is 40.8 Å². The van der Waals surface area contributed by atoms with Crippen LogP contribution in [-0.2, 0) is 0 Å². The number of hydrogen-bond donors (Lipinski definition) is 1. The van der Waals surface area contributed by atoms with Crippen molar-refractivity contribution < 1.29 is 9.21 Å². The summed E-state index contributed by atoms with van der Waals surface area (Å²) >= 11 is 0. The van der Waals surface area contributed by atoms with E-state index in [0.29, 0.717) is 18.2 Å². The molecule has 1 aliphatic heterocycles. The zero-order chi connectivity index (χ0) is 13.4.